The fraction of sp³-hybridized carbons (Fsp3) is 0. The van der Waals surface area contributed by atoms with Crippen molar-refractivity contribution in [2.45, 2.75) is 0 Å². The molecule has 0 unspecified atom stereocenters. The molecule has 0 aromatic heterocycles. The fourth-order valence-corrected chi connectivity index (χ4v) is 0.861. The predicted octanol–water partition coefficient (Wildman–Crippen LogP) is 2.84. The molecular weight excluding hydrogens is 185 g/mol. The first-order valence-corrected chi connectivity index (χ1v) is 3.56. The van der Waals surface area contributed by atoms with E-state index in [0.29, 0.717) is 10.6 Å². The van der Waals surface area contributed by atoms with Gasteiger partial charge in [0.1, 0.15) is 11.9 Å². The maximum atomic E-state index is 7.15. The molecule has 1 N–H and O–H groups in total. The highest BCUT2D eigenvalue weighted by Gasteiger charge is 1.99. The molecule has 0 heterocycles. The van der Waals surface area contributed by atoms with Crippen LogP contribution in [0.25, 0.3) is 0 Å². The van der Waals surface area contributed by atoms with E-state index in [4.69, 9.17) is 28.9 Å². The highest BCUT2D eigenvalue weighted by atomic mass is 35.5. The Hall–Kier alpha value is -0.730. The second kappa shape index (κ2) is 3.60. The summed E-state index contributed by atoms with van der Waals surface area (Å²) in [7, 11) is 0. The third kappa shape index (κ3) is 2.10. The minimum atomic E-state index is -0.0802. The van der Waals surface area contributed by atoms with Crippen molar-refractivity contribution in [3.63, 3.8) is 0 Å². The molecule has 0 aliphatic heterocycles. The lowest BCUT2D eigenvalue weighted by Gasteiger charge is -1.97. The largest absolute Gasteiger partial charge is 0.365 e. The van der Waals surface area contributed by atoms with Crippen LogP contribution in [-0.2, 0) is 4.29 Å². The Labute approximate surface area is 74.4 Å². The molecule has 0 fully saturated rings. The molecule has 0 saturated heterocycles. The minimum absolute atomic E-state index is 0.0802. The van der Waals surface area contributed by atoms with E-state index in [2.05, 4.69) is 4.29 Å². The molecule has 0 aliphatic carbocycles. The number of benzene rings is 1. The molecule has 58 valence electrons. The lowest BCUT2D eigenvalue weighted by atomic mass is 10.2. The van der Waals surface area contributed by atoms with Crippen molar-refractivity contribution in [2.75, 3.05) is 0 Å². The zero-order valence-electron chi connectivity index (χ0n) is 5.47. The second-order valence-electron chi connectivity index (χ2n) is 1.91. The van der Waals surface area contributed by atoms with Crippen LogP contribution in [0, 0.1) is 5.41 Å². The van der Waals surface area contributed by atoms with Crippen molar-refractivity contribution in [1.82, 2.24) is 0 Å². The molecule has 1 rings (SSSR count). The van der Waals surface area contributed by atoms with Crippen molar-refractivity contribution >= 4 is 29.4 Å². The number of rotatable bonds is 1. The lowest BCUT2D eigenvalue weighted by molar-refractivity contribution is 0.612. The van der Waals surface area contributed by atoms with Gasteiger partial charge in [-0.3, -0.25) is 5.41 Å². The van der Waals surface area contributed by atoms with Gasteiger partial charge in [0.2, 0.25) is 5.90 Å². The molecule has 0 saturated carbocycles. The number of hydrogen-bond acceptors (Lipinski definition) is 2. The maximum absolute atomic E-state index is 7.15. The fourth-order valence-electron chi connectivity index (χ4n) is 0.646. The molecule has 0 amide bonds. The molecule has 0 bridgehead atoms. The van der Waals surface area contributed by atoms with Crippen LogP contribution >= 0.6 is 23.5 Å². The first kappa shape index (κ1) is 8.37. The summed E-state index contributed by atoms with van der Waals surface area (Å²) in [4.78, 5) is 0. The molecule has 1 aromatic rings. The van der Waals surface area contributed by atoms with Crippen LogP contribution in [0.2, 0.25) is 5.02 Å². The van der Waals surface area contributed by atoms with Crippen molar-refractivity contribution in [2.24, 2.45) is 0 Å². The molecule has 2 nitrogen and oxygen atoms in total. The van der Waals surface area contributed by atoms with Gasteiger partial charge in [0.15, 0.2) is 0 Å². The van der Waals surface area contributed by atoms with Gasteiger partial charge in [0.05, 0.1) is 0 Å². The number of halogens is 2. The van der Waals surface area contributed by atoms with Gasteiger partial charge in [0, 0.05) is 10.6 Å². The molecule has 11 heavy (non-hydrogen) atoms. The molecule has 0 spiro atoms. The Morgan fingerprint density at radius 2 is 1.82 bits per heavy atom. The summed E-state index contributed by atoms with van der Waals surface area (Å²) in [5.41, 5.74) is 0.601. The molecule has 4 heteroatoms. The van der Waals surface area contributed by atoms with Gasteiger partial charge in [-0.1, -0.05) is 11.6 Å². The quantitative estimate of drug-likeness (QED) is 0.535. The molecule has 0 radical (unpaired) electrons. The number of nitrogens with one attached hydrogen (secondary N) is 1. The SMILES string of the molecule is N=C(OCl)c1ccc(Cl)cc1. The monoisotopic (exact) mass is 189 g/mol. The Bertz CT molecular complexity index is 258. The second-order valence-corrected chi connectivity index (χ2v) is 2.50. The zero-order chi connectivity index (χ0) is 8.27. The van der Waals surface area contributed by atoms with Crippen molar-refractivity contribution in [1.29, 1.82) is 5.41 Å². The highest BCUT2D eigenvalue weighted by Crippen LogP contribution is 2.10. The summed E-state index contributed by atoms with van der Waals surface area (Å²) in [6.07, 6.45) is 0. The van der Waals surface area contributed by atoms with Crippen molar-refractivity contribution in [3.8, 4) is 0 Å². The van der Waals surface area contributed by atoms with E-state index in [9.17, 15) is 0 Å². The highest BCUT2D eigenvalue weighted by molar-refractivity contribution is 6.30. The first-order valence-electron chi connectivity index (χ1n) is 2.87. The first-order chi connectivity index (χ1) is 5.24. The summed E-state index contributed by atoms with van der Waals surface area (Å²) < 4.78 is 4.19. The van der Waals surface area contributed by atoms with E-state index in [0.717, 1.165) is 0 Å². The van der Waals surface area contributed by atoms with E-state index in [1.165, 1.54) is 0 Å². The average molecular weight is 190 g/mol. The number of hydrogen-bond donors (Lipinski definition) is 1. The van der Waals surface area contributed by atoms with Crippen LogP contribution in [0.4, 0.5) is 0 Å². The summed E-state index contributed by atoms with van der Waals surface area (Å²) in [6, 6.07) is 6.66. The Balaban J connectivity index is 2.90. The van der Waals surface area contributed by atoms with Crippen LogP contribution in [-0.4, -0.2) is 5.90 Å². The third-order valence-corrected chi connectivity index (χ3v) is 1.59. The Kier molecular flexibility index (Phi) is 2.74. The van der Waals surface area contributed by atoms with Gasteiger partial charge in [0.25, 0.3) is 0 Å². The van der Waals surface area contributed by atoms with Crippen LogP contribution < -0.4 is 0 Å². The Morgan fingerprint density at radius 1 is 1.27 bits per heavy atom. The predicted molar refractivity (Wildman–Crippen MR) is 45.2 cm³/mol. The van der Waals surface area contributed by atoms with Crippen molar-refractivity contribution < 1.29 is 4.29 Å². The van der Waals surface area contributed by atoms with Crippen molar-refractivity contribution in [3.05, 3.63) is 34.9 Å². The molecule has 0 atom stereocenters. The third-order valence-electron chi connectivity index (χ3n) is 1.18. The van der Waals surface area contributed by atoms with Gasteiger partial charge >= 0.3 is 0 Å². The van der Waals surface area contributed by atoms with Crippen LogP contribution in [0.3, 0.4) is 0 Å². The van der Waals surface area contributed by atoms with E-state index < -0.39 is 0 Å². The normalized spacial score (nSPS) is 9.27. The lowest BCUT2D eigenvalue weighted by Crippen LogP contribution is -1.96. The van der Waals surface area contributed by atoms with Crippen LogP contribution in [0.1, 0.15) is 5.56 Å². The van der Waals surface area contributed by atoms with E-state index in [1.807, 2.05) is 0 Å². The summed E-state index contributed by atoms with van der Waals surface area (Å²) in [5.74, 6) is -0.0802. The summed E-state index contributed by atoms with van der Waals surface area (Å²) >= 11 is 10.6. The molecule has 1 aromatic carbocycles. The van der Waals surface area contributed by atoms with E-state index in [-0.39, 0.29) is 5.90 Å². The van der Waals surface area contributed by atoms with E-state index >= 15 is 0 Å². The van der Waals surface area contributed by atoms with Crippen LogP contribution in [0.5, 0.6) is 0 Å². The van der Waals surface area contributed by atoms with Gasteiger partial charge < -0.3 is 4.29 Å². The maximum Gasteiger partial charge on any atom is 0.236 e. The minimum Gasteiger partial charge on any atom is -0.365 e. The zero-order valence-corrected chi connectivity index (χ0v) is 6.99. The smallest absolute Gasteiger partial charge is 0.236 e. The summed E-state index contributed by atoms with van der Waals surface area (Å²) in [5, 5.41) is 7.77. The topological polar surface area (TPSA) is 33.1 Å². The molecular formula is C7H5Cl2NO. The van der Waals surface area contributed by atoms with Gasteiger partial charge in [-0.25, -0.2) is 0 Å². The average Bonchev–Trinajstić information content (AvgIpc) is 2.05. The van der Waals surface area contributed by atoms with Gasteiger partial charge in [-0.05, 0) is 24.3 Å². The van der Waals surface area contributed by atoms with Crippen LogP contribution in [0.15, 0.2) is 24.3 Å². The van der Waals surface area contributed by atoms with Gasteiger partial charge in [-0.15, -0.1) is 0 Å². The molecule has 0 aliphatic rings. The standard InChI is InChI=1S/C7H5Cl2NO/c8-6-3-1-5(2-4-6)7(10)11-9/h1-4,10H. The summed E-state index contributed by atoms with van der Waals surface area (Å²) in [6.45, 7) is 0. The Morgan fingerprint density at radius 3 is 2.27 bits per heavy atom. The van der Waals surface area contributed by atoms with Gasteiger partial charge in [-0.2, -0.15) is 0 Å². The van der Waals surface area contributed by atoms with E-state index in [1.54, 1.807) is 24.3 Å².